The topological polar surface area (TPSA) is 98.7 Å². The molecular weight excluding hydrogens is 324 g/mol. The summed E-state index contributed by atoms with van der Waals surface area (Å²) in [6.07, 6.45) is -6.43. The first-order valence-electron chi connectivity index (χ1n) is 5.87. The van der Waals surface area contributed by atoms with E-state index in [1.807, 2.05) is 5.32 Å². The van der Waals surface area contributed by atoms with Crippen molar-refractivity contribution < 1.29 is 37.5 Å². The smallest absolute Gasteiger partial charge is 0.391 e. The fraction of sp³-hybridized carbons (Fsp3) is 0.385. The third-order valence-corrected chi connectivity index (χ3v) is 2.70. The molecule has 4 N–H and O–H groups in total. The fourth-order valence-corrected chi connectivity index (χ4v) is 1.58. The highest BCUT2D eigenvalue weighted by molar-refractivity contribution is 5.97. The normalized spacial score (nSPS) is 13.5. The van der Waals surface area contributed by atoms with Gasteiger partial charge in [0, 0.05) is 5.56 Å². The van der Waals surface area contributed by atoms with Gasteiger partial charge in [-0.05, 0) is 25.1 Å². The Morgan fingerprint density at radius 3 is 2.26 bits per heavy atom. The lowest BCUT2D eigenvalue weighted by Crippen LogP contribution is -2.51. The minimum Gasteiger partial charge on any atom is -0.391 e. The highest BCUT2D eigenvalue weighted by Crippen LogP contribution is 2.31. The molecule has 10 heteroatoms. The van der Waals surface area contributed by atoms with E-state index in [1.54, 1.807) is 0 Å². The molecule has 0 aliphatic carbocycles. The Balaban J connectivity index is 0.00000484. The predicted octanol–water partition coefficient (Wildman–Crippen LogP) is 1.47. The number of amides is 2. The van der Waals surface area contributed by atoms with Crippen LogP contribution in [-0.4, -0.2) is 34.3 Å². The number of rotatable bonds is 4. The molecule has 0 radical (unpaired) electrons. The van der Waals surface area contributed by atoms with Gasteiger partial charge in [0.25, 0.3) is 11.8 Å². The average molecular weight is 340 g/mol. The van der Waals surface area contributed by atoms with Gasteiger partial charge in [-0.2, -0.15) is 13.2 Å². The number of alkyl halides is 3. The Labute approximate surface area is 129 Å². The van der Waals surface area contributed by atoms with E-state index >= 15 is 0 Å². The second kappa shape index (κ2) is 7.88. The lowest BCUT2D eigenvalue weighted by molar-refractivity contribution is -0.140. The standard InChI is InChI=1S/C12H12F4N2O4.CH4/c1-5(19)9(11(21)18-22)17-10(20)6-2-3-8(13)7(4-6)12(14,15)16;/h2-5,9,19,22H,1H3,(H,17,20)(H,18,21);1H4/t5-,9+;/m1./s1. The molecule has 0 bridgehead atoms. The predicted molar refractivity (Wildman–Crippen MR) is 71.0 cm³/mol. The molecule has 1 rings (SSSR count). The van der Waals surface area contributed by atoms with Gasteiger partial charge in [-0.1, -0.05) is 7.43 Å². The van der Waals surface area contributed by atoms with E-state index in [-0.39, 0.29) is 13.5 Å². The van der Waals surface area contributed by atoms with Crippen LogP contribution in [0.2, 0.25) is 0 Å². The summed E-state index contributed by atoms with van der Waals surface area (Å²) in [6, 6.07) is -0.0746. The largest absolute Gasteiger partial charge is 0.419 e. The maximum Gasteiger partial charge on any atom is 0.419 e. The van der Waals surface area contributed by atoms with Crippen molar-refractivity contribution in [2.24, 2.45) is 0 Å². The maximum atomic E-state index is 13.1. The molecular formula is C13H16F4N2O4. The SMILES string of the molecule is C.C[C@@H](O)[C@H](NC(=O)c1ccc(F)c(C(F)(F)F)c1)C(=O)NO. The van der Waals surface area contributed by atoms with Crippen LogP contribution in [-0.2, 0) is 11.0 Å². The molecule has 0 aliphatic heterocycles. The van der Waals surface area contributed by atoms with Gasteiger partial charge in [0.05, 0.1) is 11.7 Å². The molecule has 0 saturated carbocycles. The molecule has 0 fully saturated rings. The van der Waals surface area contributed by atoms with E-state index in [2.05, 4.69) is 0 Å². The Morgan fingerprint density at radius 2 is 1.83 bits per heavy atom. The summed E-state index contributed by atoms with van der Waals surface area (Å²) in [4.78, 5) is 23.0. The summed E-state index contributed by atoms with van der Waals surface area (Å²) in [5, 5.41) is 19.7. The van der Waals surface area contributed by atoms with Crippen LogP contribution in [0.15, 0.2) is 18.2 Å². The maximum absolute atomic E-state index is 13.1. The van der Waals surface area contributed by atoms with E-state index in [0.717, 1.165) is 13.0 Å². The number of carbonyl (C=O) groups excluding carboxylic acids is 2. The molecule has 130 valence electrons. The summed E-state index contributed by atoms with van der Waals surface area (Å²) < 4.78 is 50.8. The van der Waals surface area contributed by atoms with Crippen molar-refractivity contribution in [3.63, 3.8) is 0 Å². The molecule has 6 nitrogen and oxygen atoms in total. The number of carbonyl (C=O) groups is 2. The van der Waals surface area contributed by atoms with Gasteiger partial charge in [0.1, 0.15) is 11.9 Å². The Hall–Kier alpha value is -2.20. The monoisotopic (exact) mass is 340 g/mol. The molecule has 0 aliphatic rings. The van der Waals surface area contributed by atoms with Crippen molar-refractivity contribution in [2.45, 2.75) is 32.7 Å². The van der Waals surface area contributed by atoms with Gasteiger partial charge in [-0.3, -0.25) is 14.8 Å². The second-order valence-electron chi connectivity index (χ2n) is 4.36. The van der Waals surface area contributed by atoms with Crippen LogP contribution in [0.4, 0.5) is 17.6 Å². The Bertz CT molecular complexity index is 576. The van der Waals surface area contributed by atoms with Crippen LogP contribution in [0.5, 0.6) is 0 Å². The van der Waals surface area contributed by atoms with Crippen molar-refractivity contribution in [3.05, 3.63) is 35.1 Å². The van der Waals surface area contributed by atoms with Crippen LogP contribution in [0, 0.1) is 5.82 Å². The first kappa shape index (κ1) is 20.8. The Morgan fingerprint density at radius 1 is 1.26 bits per heavy atom. The number of halogens is 4. The van der Waals surface area contributed by atoms with E-state index in [9.17, 15) is 32.3 Å². The average Bonchev–Trinajstić information content (AvgIpc) is 2.42. The molecule has 1 aromatic carbocycles. The zero-order valence-corrected chi connectivity index (χ0v) is 11.1. The minimum absolute atomic E-state index is 0. The van der Waals surface area contributed by atoms with E-state index in [4.69, 9.17) is 5.21 Å². The lowest BCUT2D eigenvalue weighted by atomic mass is 10.1. The lowest BCUT2D eigenvalue weighted by Gasteiger charge is -2.19. The van der Waals surface area contributed by atoms with E-state index in [1.165, 1.54) is 5.48 Å². The molecule has 0 heterocycles. The van der Waals surface area contributed by atoms with Gasteiger partial charge in [-0.15, -0.1) is 0 Å². The first-order chi connectivity index (χ1) is 10.1. The van der Waals surface area contributed by atoms with Gasteiger partial charge >= 0.3 is 6.18 Å². The molecule has 2 amide bonds. The number of hydrogen-bond acceptors (Lipinski definition) is 4. The minimum atomic E-state index is -4.99. The van der Waals surface area contributed by atoms with Gasteiger partial charge in [-0.25, -0.2) is 9.87 Å². The number of aliphatic hydroxyl groups is 1. The van der Waals surface area contributed by atoms with Crippen molar-refractivity contribution in [1.29, 1.82) is 0 Å². The van der Waals surface area contributed by atoms with Crippen LogP contribution >= 0.6 is 0 Å². The van der Waals surface area contributed by atoms with Crippen LogP contribution in [0.25, 0.3) is 0 Å². The molecule has 0 aromatic heterocycles. The second-order valence-corrected chi connectivity index (χ2v) is 4.36. The van der Waals surface area contributed by atoms with Crippen molar-refractivity contribution >= 4 is 11.8 Å². The number of hydroxylamine groups is 1. The third-order valence-electron chi connectivity index (χ3n) is 2.70. The Kier molecular flexibility index (Phi) is 7.13. The zero-order chi connectivity index (χ0) is 17.1. The first-order valence-corrected chi connectivity index (χ1v) is 5.87. The molecule has 1 aromatic rings. The van der Waals surface area contributed by atoms with Crippen molar-refractivity contribution in [2.75, 3.05) is 0 Å². The number of hydrogen-bond donors (Lipinski definition) is 4. The number of aliphatic hydroxyl groups excluding tert-OH is 1. The molecule has 2 atom stereocenters. The summed E-state index contributed by atoms with van der Waals surface area (Å²) in [5.74, 6) is -3.87. The van der Waals surface area contributed by atoms with Gasteiger partial charge in [0.2, 0.25) is 0 Å². The molecule has 0 spiro atoms. The summed E-state index contributed by atoms with van der Waals surface area (Å²) in [6.45, 7) is 1.12. The summed E-state index contributed by atoms with van der Waals surface area (Å²) in [7, 11) is 0. The van der Waals surface area contributed by atoms with Crippen LogP contribution in [0.1, 0.15) is 30.3 Å². The third kappa shape index (κ3) is 5.18. The fourth-order valence-electron chi connectivity index (χ4n) is 1.58. The highest BCUT2D eigenvalue weighted by atomic mass is 19.4. The van der Waals surface area contributed by atoms with Gasteiger partial charge < -0.3 is 10.4 Å². The quantitative estimate of drug-likeness (QED) is 0.379. The summed E-state index contributed by atoms with van der Waals surface area (Å²) >= 11 is 0. The molecule has 0 unspecified atom stereocenters. The van der Waals surface area contributed by atoms with Crippen LogP contribution in [0.3, 0.4) is 0 Å². The van der Waals surface area contributed by atoms with Crippen molar-refractivity contribution in [1.82, 2.24) is 10.8 Å². The zero-order valence-electron chi connectivity index (χ0n) is 11.1. The van der Waals surface area contributed by atoms with Crippen LogP contribution < -0.4 is 10.8 Å². The van der Waals surface area contributed by atoms with Gasteiger partial charge in [0.15, 0.2) is 0 Å². The van der Waals surface area contributed by atoms with E-state index < -0.39 is 47.1 Å². The van der Waals surface area contributed by atoms with Crippen molar-refractivity contribution in [3.8, 4) is 0 Å². The molecule has 0 saturated heterocycles. The summed E-state index contributed by atoms with van der Waals surface area (Å²) in [5.41, 5.74) is -1.01. The highest BCUT2D eigenvalue weighted by Gasteiger charge is 2.35. The van der Waals surface area contributed by atoms with E-state index in [0.29, 0.717) is 6.07 Å². The number of nitrogens with one attached hydrogen (secondary N) is 2. The molecule has 23 heavy (non-hydrogen) atoms. The number of benzene rings is 1.